The van der Waals surface area contributed by atoms with Crippen LogP contribution in [0.15, 0.2) is 53.5 Å². The minimum absolute atomic E-state index is 0.0332. The Morgan fingerprint density at radius 2 is 1.85 bits per heavy atom. The molecule has 2 aromatic heterocycles. The summed E-state index contributed by atoms with van der Waals surface area (Å²) in [7, 11) is 0. The number of benzene rings is 2. The molecule has 9 heteroatoms. The van der Waals surface area contributed by atoms with Crippen LogP contribution in [0, 0.1) is 6.92 Å². The molecule has 6 rings (SSSR count). The van der Waals surface area contributed by atoms with Gasteiger partial charge >= 0.3 is 0 Å². The number of rotatable bonds is 7. The van der Waals surface area contributed by atoms with Gasteiger partial charge in [-0.1, -0.05) is 30.3 Å². The molecule has 1 amide bonds. The molecule has 4 aromatic rings. The largest absolute Gasteiger partial charge is 0.381 e. The first-order chi connectivity index (χ1) is 19.1. The van der Waals surface area contributed by atoms with Crippen LogP contribution in [0.25, 0.3) is 21.8 Å². The number of pyridine rings is 1. The highest BCUT2D eigenvalue weighted by molar-refractivity contribution is 6.07. The molecule has 9 nitrogen and oxygen atoms in total. The van der Waals surface area contributed by atoms with Crippen LogP contribution in [-0.2, 0) is 16.1 Å². The maximum absolute atomic E-state index is 13.7. The van der Waals surface area contributed by atoms with Crippen molar-refractivity contribution in [1.82, 2.24) is 24.6 Å². The van der Waals surface area contributed by atoms with E-state index in [1.165, 1.54) is 5.56 Å². The number of ether oxygens (including phenoxy) is 2. The molecular weight excluding hydrogens is 494 g/mol. The predicted molar refractivity (Wildman–Crippen MR) is 150 cm³/mol. The highest BCUT2D eigenvalue weighted by atomic mass is 16.5. The van der Waals surface area contributed by atoms with Crippen molar-refractivity contribution in [1.29, 1.82) is 0 Å². The van der Waals surface area contributed by atoms with Gasteiger partial charge in [0.15, 0.2) is 0 Å². The Morgan fingerprint density at radius 1 is 1.08 bits per heavy atom. The summed E-state index contributed by atoms with van der Waals surface area (Å²) in [4.78, 5) is 33.8. The number of aromatic amines is 1. The van der Waals surface area contributed by atoms with Crippen LogP contribution < -0.4 is 5.56 Å². The van der Waals surface area contributed by atoms with Gasteiger partial charge in [0.05, 0.1) is 41.9 Å². The van der Waals surface area contributed by atoms with Crippen LogP contribution in [0.3, 0.4) is 0 Å². The van der Waals surface area contributed by atoms with Crippen LogP contribution >= 0.6 is 0 Å². The number of hydrogen-bond acceptors (Lipinski definition) is 6. The van der Waals surface area contributed by atoms with Gasteiger partial charge in [0.1, 0.15) is 0 Å². The van der Waals surface area contributed by atoms with E-state index in [9.17, 15) is 9.59 Å². The Kier molecular flexibility index (Phi) is 7.45. The van der Waals surface area contributed by atoms with Gasteiger partial charge in [-0.05, 0) is 43.0 Å². The fraction of sp³-hybridized carbons (Fsp3) is 0.433. The molecule has 2 saturated heterocycles. The summed E-state index contributed by atoms with van der Waals surface area (Å²) < 4.78 is 13.4. The average molecular weight is 530 g/mol. The molecule has 1 N–H and O–H groups in total. The van der Waals surface area contributed by atoms with E-state index in [-0.39, 0.29) is 17.5 Å². The molecule has 39 heavy (non-hydrogen) atoms. The molecule has 0 spiro atoms. The third-order valence-corrected chi connectivity index (χ3v) is 8.00. The van der Waals surface area contributed by atoms with Crippen molar-refractivity contribution in [3.05, 3.63) is 75.7 Å². The molecule has 2 aliphatic heterocycles. The van der Waals surface area contributed by atoms with Gasteiger partial charge in [0.2, 0.25) is 0 Å². The number of hydrogen-bond donors (Lipinski definition) is 1. The number of amides is 1. The van der Waals surface area contributed by atoms with Gasteiger partial charge in [-0.3, -0.25) is 19.2 Å². The number of nitrogens with zero attached hydrogens (tertiary/aromatic N) is 4. The first-order valence-corrected chi connectivity index (χ1v) is 13.8. The molecular formula is C30H35N5O4. The quantitative estimate of drug-likeness (QED) is 0.369. The van der Waals surface area contributed by atoms with Crippen molar-refractivity contribution >= 4 is 27.7 Å². The Hall–Kier alpha value is -3.53. The fourth-order valence-corrected chi connectivity index (χ4v) is 5.73. The normalized spacial score (nSPS) is 17.3. The number of aromatic nitrogens is 3. The van der Waals surface area contributed by atoms with Gasteiger partial charge in [-0.15, -0.1) is 0 Å². The lowest BCUT2D eigenvalue weighted by Crippen LogP contribution is -2.49. The number of piperazine rings is 1. The molecule has 2 aliphatic rings. The average Bonchev–Trinajstić information content (AvgIpc) is 3.42. The van der Waals surface area contributed by atoms with E-state index < -0.39 is 0 Å². The monoisotopic (exact) mass is 529 g/mol. The Labute approximate surface area is 227 Å². The molecule has 0 saturated carbocycles. The van der Waals surface area contributed by atoms with Crippen LogP contribution in [0.2, 0.25) is 0 Å². The zero-order chi connectivity index (χ0) is 26.8. The van der Waals surface area contributed by atoms with Crippen molar-refractivity contribution in [3.63, 3.8) is 0 Å². The molecule has 0 atom stereocenters. The molecule has 2 fully saturated rings. The second-order valence-corrected chi connectivity index (χ2v) is 10.5. The second kappa shape index (κ2) is 11.3. The topological polar surface area (TPSA) is 92.7 Å². The van der Waals surface area contributed by atoms with Crippen LogP contribution in [0.5, 0.6) is 0 Å². The number of H-pyrrole nitrogens is 1. The standard InChI is InChI=1S/C30H35N5O4/c1-21-17-27-25(28-26(29(36)32-27)19-31-35(28)23-7-14-38-15-8-23)18-24(21)30(37)34-11-9-33(10-12-34)13-16-39-20-22-5-3-2-4-6-22/h2-6,17-19,23H,7-16,20H2,1H3,(H,32,36). The summed E-state index contributed by atoms with van der Waals surface area (Å²) >= 11 is 0. The Balaban J connectivity index is 1.16. The number of carbonyl (C=O) groups is 1. The molecule has 4 heterocycles. The minimum atomic E-state index is -0.154. The SMILES string of the molecule is Cc1cc2[nH]c(=O)c3cnn(C4CCOCC4)c3c2cc1C(=O)N1CCN(CCOCc2ccccc2)CC1. The van der Waals surface area contributed by atoms with Gasteiger partial charge < -0.3 is 19.4 Å². The van der Waals surface area contributed by atoms with Crippen LogP contribution in [-0.4, -0.2) is 83.0 Å². The van der Waals surface area contributed by atoms with E-state index in [0.29, 0.717) is 50.5 Å². The number of aryl methyl sites for hydroxylation is 1. The third-order valence-electron chi connectivity index (χ3n) is 8.00. The van der Waals surface area contributed by atoms with Gasteiger partial charge in [0, 0.05) is 56.9 Å². The van der Waals surface area contributed by atoms with E-state index in [1.54, 1.807) is 6.20 Å². The summed E-state index contributed by atoms with van der Waals surface area (Å²) in [5.41, 5.74) is 4.09. The lowest BCUT2D eigenvalue weighted by Gasteiger charge is -2.35. The summed E-state index contributed by atoms with van der Waals surface area (Å²) in [6.45, 7) is 8.43. The first kappa shape index (κ1) is 25.7. The summed E-state index contributed by atoms with van der Waals surface area (Å²) in [6.07, 6.45) is 3.35. The second-order valence-electron chi connectivity index (χ2n) is 10.5. The van der Waals surface area contributed by atoms with Crippen molar-refractivity contribution in [2.75, 3.05) is 52.5 Å². The molecule has 0 radical (unpaired) electrons. The zero-order valence-electron chi connectivity index (χ0n) is 22.4. The number of carbonyl (C=O) groups excluding carboxylic acids is 1. The van der Waals surface area contributed by atoms with Gasteiger partial charge in [-0.2, -0.15) is 5.10 Å². The van der Waals surface area contributed by atoms with E-state index in [4.69, 9.17) is 9.47 Å². The van der Waals surface area contributed by atoms with E-state index in [2.05, 4.69) is 27.1 Å². The van der Waals surface area contributed by atoms with Crippen molar-refractivity contribution in [3.8, 4) is 0 Å². The maximum atomic E-state index is 13.7. The molecule has 2 aromatic carbocycles. The van der Waals surface area contributed by atoms with Gasteiger partial charge in [0.25, 0.3) is 11.5 Å². The lowest BCUT2D eigenvalue weighted by atomic mass is 10.0. The maximum Gasteiger partial charge on any atom is 0.259 e. The number of fused-ring (bicyclic) bond motifs is 3. The lowest BCUT2D eigenvalue weighted by molar-refractivity contribution is 0.0528. The molecule has 0 aliphatic carbocycles. The smallest absolute Gasteiger partial charge is 0.259 e. The van der Waals surface area contributed by atoms with E-state index >= 15 is 0 Å². The highest BCUT2D eigenvalue weighted by Gasteiger charge is 2.25. The van der Waals surface area contributed by atoms with Crippen LogP contribution in [0.4, 0.5) is 0 Å². The predicted octanol–water partition coefficient (Wildman–Crippen LogP) is 3.51. The van der Waals surface area contributed by atoms with Crippen molar-refractivity contribution in [2.24, 2.45) is 0 Å². The molecule has 0 bridgehead atoms. The summed E-state index contributed by atoms with van der Waals surface area (Å²) in [6, 6.07) is 14.2. The van der Waals surface area contributed by atoms with E-state index in [1.807, 2.05) is 46.8 Å². The Bertz CT molecular complexity index is 1520. The summed E-state index contributed by atoms with van der Waals surface area (Å²) in [5.74, 6) is 0.0332. The minimum Gasteiger partial charge on any atom is -0.381 e. The summed E-state index contributed by atoms with van der Waals surface area (Å²) in [5, 5.41) is 6.02. The zero-order valence-corrected chi connectivity index (χ0v) is 22.4. The third kappa shape index (κ3) is 5.34. The van der Waals surface area contributed by atoms with Crippen molar-refractivity contribution < 1.29 is 14.3 Å². The van der Waals surface area contributed by atoms with E-state index in [0.717, 1.165) is 54.5 Å². The van der Waals surface area contributed by atoms with Crippen molar-refractivity contribution in [2.45, 2.75) is 32.4 Å². The highest BCUT2D eigenvalue weighted by Crippen LogP contribution is 2.30. The first-order valence-electron chi connectivity index (χ1n) is 13.8. The van der Waals surface area contributed by atoms with Crippen LogP contribution in [0.1, 0.15) is 40.4 Å². The molecule has 204 valence electrons. The molecule has 0 unspecified atom stereocenters. The fourth-order valence-electron chi connectivity index (χ4n) is 5.73. The Morgan fingerprint density at radius 3 is 2.62 bits per heavy atom. The number of nitrogens with one attached hydrogen (secondary N) is 1. The van der Waals surface area contributed by atoms with Gasteiger partial charge in [-0.25, -0.2) is 0 Å².